The molecule has 0 atom stereocenters. The summed E-state index contributed by atoms with van der Waals surface area (Å²) >= 11 is 6.18. The molecule has 0 radical (unpaired) electrons. The van der Waals surface area contributed by atoms with Crippen LogP contribution in [0.3, 0.4) is 0 Å². The highest BCUT2D eigenvalue weighted by Crippen LogP contribution is 2.21. The van der Waals surface area contributed by atoms with Crippen LogP contribution in [0.4, 0.5) is 0 Å². The third-order valence-corrected chi connectivity index (χ3v) is 3.92. The highest BCUT2D eigenvalue weighted by atomic mass is 35.5. The van der Waals surface area contributed by atoms with E-state index >= 15 is 0 Å². The van der Waals surface area contributed by atoms with Crippen LogP contribution < -0.4 is 5.32 Å². The Morgan fingerprint density at radius 3 is 2.23 bits per heavy atom. The van der Waals surface area contributed by atoms with E-state index in [1.165, 1.54) is 5.56 Å². The van der Waals surface area contributed by atoms with Gasteiger partial charge in [0.1, 0.15) is 0 Å². The SMILES string of the molecule is Clc1ccccc1CNCc1ccccc1-c1ccccn1. The molecule has 0 aliphatic heterocycles. The van der Waals surface area contributed by atoms with E-state index in [0.717, 1.165) is 34.9 Å². The van der Waals surface area contributed by atoms with Gasteiger partial charge in [0.2, 0.25) is 0 Å². The van der Waals surface area contributed by atoms with Gasteiger partial charge in [0.15, 0.2) is 0 Å². The number of pyridine rings is 1. The van der Waals surface area contributed by atoms with Gasteiger partial charge in [-0.15, -0.1) is 0 Å². The minimum Gasteiger partial charge on any atom is -0.309 e. The van der Waals surface area contributed by atoms with Crippen molar-refractivity contribution in [3.8, 4) is 11.3 Å². The van der Waals surface area contributed by atoms with Gasteiger partial charge >= 0.3 is 0 Å². The predicted molar refractivity (Wildman–Crippen MR) is 91.7 cm³/mol. The van der Waals surface area contributed by atoms with Crippen molar-refractivity contribution >= 4 is 11.6 Å². The summed E-state index contributed by atoms with van der Waals surface area (Å²) in [4.78, 5) is 4.44. The second-order valence-electron chi connectivity index (χ2n) is 5.07. The molecule has 3 heteroatoms. The summed E-state index contributed by atoms with van der Waals surface area (Å²) in [6.07, 6.45) is 1.82. The number of benzene rings is 2. The second-order valence-corrected chi connectivity index (χ2v) is 5.47. The summed E-state index contributed by atoms with van der Waals surface area (Å²) in [5.74, 6) is 0. The molecule has 0 unspecified atom stereocenters. The van der Waals surface area contributed by atoms with Gasteiger partial charge in [-0.3, -0.25) is 4.98 Å². The summed E-state index contributed by atoms with van der Waals surface area (Å²) in [6, 6.07) is 22.2. The first-order valence-corrected chi connectivity index (χ1v) is 7.66. The van der Waals surface area contributed by atoms with E-state index in [0.29, 0.717) is 0 Å². The zero-order chi connectivity index (χ0) is 15.2. The monoisotopic (exact) mass is 308 g/mol. The van der Waals surface area contributed by atoms with Crippen LogP contribution in [0.5, 0.6) is 0 Å². The lowest BCUT2D eigenvalue weighted by Crippen LogP contribution is -2.13. The lowest BCUT2D eigenvalue weighted by atomic mass is 10.0. The molecule has 0 spiro atoms. The summed E-state index contributed by atoms with van der Waals surface area (Å²) in [6.45, 7) is 1.52. The molecule has 0 bridgehead atoms. The fourth-order valence-electron chi connectivity index (χ4n) is 2.42. The van der Waals surface area contributed by atoms with Crippen LogP contribution in [0.2, 0.25) is 5.02 Å². The highest BCUT2D eigenvalue weighted by molar-refractivity contribution is 6.31. The lowest BCUT2D eigenvalue weighted by Gasteiger charge is -2.11. The maximum atomic E-state index is 6.18. The molecule has 3 rings (SSSR count). The molecule has 22 heavy (non-hydrogen) atoms. The van der Waals surface area contributed by atoms with Crippen molar-refractivity contribution in [2.45, 2.75) is 13.1 Å². The lowest BCUT2D eigenvalue weighted by molar-refractivity contribution is 0.694. The van der Waals surface area contributed by atoms with E-state index in [1.807, 2.05) is 54.7 Å². The van der Waals surface area contributed by atoms with E-state index in [4.69, 9.17) is 11.6 Å². The van der Waals surface area contributed by atoms with Crippen LogP contribution in [0.15, 0.2) is 72.9 Å². The Morgan fingerprint density at radius 2 is 1.45 bits per heavy atom. The number of halogens is 1. The number of nitrogens with one attached hydrogen (secondary N) is 1. The van der Waals surface area contributed by atoms with E-state index < -0.39 is 0 Å². The Bertz CT molecular complexity index is 741. The minimum absolute atomic E-state index is 0.746. The standard InChI is InChI=1S/C19H17ClN2/c20-18-10-4-2-8-16(18)14-21-13-15-7-1-3-9-17(15)19-11-5-6-12-22-19/h1-12,21H,13-14H2. The third-order valence-electron chi connectivity index (χ3n) is 3.55. The van der Waals surface area contributed by atoms with Crippen LogP contribution in [0.1, 0.15) is 11.1 Å². The molecule has 0 aliphatic carbocycles. The average Bonchev–Trinajstić information content (AvgIpc) is 2.58. The molecule has 2 nitrogen and oxygen atoms in total. The Kier molecular flexibility index (Phi) is 4.84. The number of hydrogen-bond donors (Lipinski definition) is 1. The van der Waals surface area contributed by atoms with Gasteiger partial charge in [0.05, 0.1) is 5.69 Å². The molecule has 0 saturated carbocycles. The number of rotatable bonds is 5. The van der Waals surface area contributed by atoms with E-state index in [-0.39, 0.29) is 0 Å². The Labute approximate surface area is 135 Å². The first-order valence-electron chi connectivity index (χ1n) is 7.28. The van der Waals surface area contributed by atoms with E-state index in [9.17, 15) is 0 Å². The largest absolute Gasteiger partial charge is 0.309 e. The van der Waals surface area contributed by atoms with Crippen molar-refractivity contribution in [2.75, 3.05) is 0 Å². The van der Waals surface area contributed by atoms with E-state index in [1.54, 1.807) is 0 Å². The normalized spacial score (nSPS) is 10.6. The number of nitrogens with zero attached hydrogens (tertiary/aromatic N) is 1. The van der Waals surface area contributed by atoms with Gasteiger partial charge in [-0.05, 0) is 29.3 Å². The van der Waals surface area contributed by atoms with Gasteiger partial charge in [-0.1, -0.05) is 60.1 Å². The Balaban J connectivity index is 1.72. The van der Waals surface area contributed by atoms with Crippen LogP contribution >= 0.6 is 11.6 Å². The van der Waals surface area contributed by atoms with Gasteiger partial charge in [0, 0.05) is 29.9 Å². The first kappa shape index (κ1) is 14.8. The average molecular weight is 309 g/mol. The van der Waals surface area contributed by atoms with Crippen molar-refractivity contribution in [2.24, 2.45) is 0 Å². The van der Waals surface area contributed by atoms with Crippen molar-refractivity contribution in [1.29, 1.82) is 0 Å². The first-order chi connectivity index (χ1) is 10.8. The maximum absolute atomic E-state index is 6.18. The van der Waals surface area contributed by atoms with Gasteiger partial charge in [0.25, 0.3) is 0 Å². The highest BCUT2D eigenvalue weighted by Gasteiger charge is 2.05. The zero-order valence-electron chi connectivity index (χ0n) is 12.2. The molecule has 110 valence electrons. The summed E-state index contributed by atoms with van der Waals surface area (Å²) < 4.78 is 0. The van der Waals surface area contributed by atoms with Crippen molar-refractivity contribution in [1.82, 2.24) is 10.3 Å². The molecular weight excluding hydrogens is 292 g/mol. The summed E-state index contributed by atoms with van der Waals surface area (Å²) in [5.41, 5.74) is 4.50. The Morgan fingerprint density at radius 1 is 0.773 bits per heavy atom. The topological polar surface area (TPSA) is 24.9 Å². The van der Waals surface area contributed by atoms with Gasteiger partial charge < -0.3 is 5.32 Å². The number of hydrogen-bond acceptors (Lipinski definition) is 2. The molecule has 0 amide bonds. The molecule has 0 aliphatic rings. The van der Waals surface area contributed by atoms with Crippen LogP contribution in [0, 0.1) is 0 Å². The second kappa shape index (κ2) is 7.21. The summed E-state index contributed by atoms with van der Waals surface area (Å²) in [5, 5.41) is 4.26. The van der Waals surface area contributed by atoms with Crippen molar-refractivity contribution in [3.63, 3.8) is 0 Å². The molecule has 3 aromatic rings. The molecule has 2 aromatic carbocycles. The fourth-order valence-corrected chi connectivity index (χ4v) is 2.62. The predicted octanol–water partition coefficient (Wildman–Crippen LogP) is 4.69. The Hall–Kier alpha value is -2.16. The van der Waals surface area contributed by atoms with Crippen molar-refractivity contribution < 1.29 is 0 Å². The molecule has 0 fully saturated rings. The van der Waals surface area contributed by atoms with Crippen LogP contribution in [0.25, 0.3) is 11.3 Å². The third kappa shape index (κ3) is 3.53. The minimum atomic E-state index is 0.746. The smallest absolute Gasteiger partial charge is 0.0705 e. The number of aromatic nitrogens is 1. The molecule has 1 aromatic heterocycles. The van der Waals surface area contributed by atoms with Crippen LogP contribution in [-0.2, 0) is 13.1 Å². The molecular formula is C19H17ClN2. The zero-order valence-corrected chi connectivity index (χ0v) is 12.9. The van der Waals surface area contributed by atoms with E-state index in [2.05, 4.69) is 28.5 Å². The molecule has 1 heterocycles. The summed E-state index contributed by atoms with van der Waals surface area (Å²) in [7, 11) is 0. The molecule has 1 N–H and O–H groups in total. The quantitative estimate of drug-likeness (QED) is 0.739. The maximum Gasteiger partial charge on any atom is 0.0705 e. The molecule has 0 saturated heterocycles. The van der Waals surface area contributed by atoms with Gasteiger partial charge in [-0.2, -0.15) is 0 Å². The van der Waals surface area contributed by atoms with Gasteiger partial charge in [-0.25, -0.2) is 0 Å². The van der Waals surface area contributed by atoms with Crippen molar-refractivity contribution in [3.05, 3.63) is 89.1 Å². The fraction of sp³-hybridized carbons (Fsp3) is 0.105. The van der Waals surface area contributed by atoms with Crippen LogP contribution in [-0.4, -0.2) is 4.98 Å².